The Morgan fingerprint density at radius 1 is 1.14 bits per heavy atom. The minimum absolute atomic E-state index is 0.0213. The summed E-state index contributed by atoms with van der Waals surface area (Å²) in [5, 5.41) is 3.57. The summed E-state index contributed by atoms with van der Waals surface area (Å²) < 4.78 is 27.6. The van der Waals surface area contributed by atoms with E-state index in [-0.39, 0.29) is 6.04 Å². The lowest BCUT2D eigenvalue weighted by Crippen LogP contribution is -2.53. The molecule has 2 saturated heterocycles. The zero-order valence-electron chi connectivity index (χ0n) is 18.0. The van der Waals surface area contributed by atoms with Gasteiger partial charge >= 0.3 is 0 Å². The number of piperidine rings is 1. The number of likely N-dealkylation sites (tertiary alicyclic amines) is 1. The Balaban J connectivity index is 1.52. The summed E-state index contributed by atoms with van der Waals surface area (Å²) >= 11 is 0. The van der Waals surface area contributed by atoms with Crippen LogP contribution in [0.15, 0.2) is 23.2 Å². The first-order chi connectivity index (χ1) is 14.0. The topological polar surface area (TPSA) is 34.1 Å². The number of hydrogen-bond acceptors (Lipinski definition) is 3. The molecule has 0 bridgehead atoms. The summed E-state index contributed by atoms with van der Waals surface area (Å²) in [6.07, 6.45) is 3.26. The van der Waals surface area contributed by atoms with E-state index in [9.17, 15) is 8.78 Å². The van der Waals surface area contributed by atoms with Crippen molar-refractivity contribution in [3.63, 3.8) is 0 Å². The first kappa shape index (κ1) is 22.0. The van der Waals surface area contributed by atoms with Gasteiger partial charge in [-0.15, -0.1) is 0 Å². The number of piperazine rings is 1. The van der Waals surface area contributed by atoms with Gasteiger partial charge < -0.3 is 15.1 Å². The van der Waals surface area contributed by atoms with Gasteiger partial charge in [0.1, 0.15) is 11.6 Å². The average Bonchev–Trinajstić information content (AvgIpc) is 2.73. The fourth-order valence-corrected chi connectivity index (χ4v) is 4.53. The largest absolute Gasteiger partial charge is 0.356 e. The van der Waals surface area contributed by atoms with Crippen molar-refractivity contribution in [3.05, 3.63) is 35.4 Å². The van der Waals surface area contributed by atoms with Crippen LogP contribution in [-0.2, 0) is 0 Å². The molecule has 3 rings (SSSR count). The van der Waals surface area contributed by atoms with Gasteiger partial charge in [-0.3, -0.25) is 9.89 Å². The molecule has 1 unspecified atom stereocenters. The Labute approximate surface area is 173 Å². The summed E-state index contributed by atoms with van der Waals surface area (Å²) in [5.74, 6) is 0.694. The zero-order chi connectivity index (χ0) is 20.8. The number of guanidine groups is 1. The van der Waals surface area contributed by atoms with Crippen LogP contribution < -0.4 is 5.32 Å². The van der Waals surface area contributed by atoms with Crippen molar-refractivity contribution in [2.75, 3.05) is 59.9 Å². The lowest BCUT2D eigenvalue weighted by Gasteiger charge is -2.40. The maximum atomic E-state index is 14.3. The summed E-state index contributed by atoms with van der Waals surface area (Å²) in [6.45, 7) is 8.75. The molecule has 2 aliphatic rings. The third kappa shape index (κ3) is 5.66. The van der Waals surface area contributed by atoms with Crippen LogP contribution in [0.1, 0.15) is 37.8 Å². The first-order valence-electron chi connectivity index (χ1n) is 10.8. The second-order valence-corrected chi connectivity index (χ2v) is 8.29. The van der Waals surface area contributed by atoms with Crippen LogP contribution in [0.3, 0.4) is 0 Å². The van der Waals surface area contributed by atoms with E-state index in [2.05, 4.69) is 39.0 Å². The summed E-state index contributed by atoms with van der Waals surface area (Å²) in [4.78, 5) is 11.5. The number of benzene rings is 1. The lowest BCUT2D eigenvalue weighted by molar-refractivity contribution is 0.124. The van der Waals surface area contributed by atoms with Crippen LogP contribution in [0.5, 0.6) is 0 Å². The molecule has 0 aromatic heterocycles. The highest BCUT2D eigenvalue weighted by atomic mass is 19.1. The van der Waals surface area contributed by atoms with Gasteiger partial charge in [-0.05, 0) is 51.4 Å². The van der Waals surface area contributed by atoms with Gasteiger partial charge in [0.25, 0.3) is 0 Å². The first-order valence-corrected chi connectivity index (χ1v) is 10.8. The highest BCUT2D eigenvalue weighted by Gasteiger charge is 2.27. The highest BCUT2D eigenvalue weighted by molar-refractivity contribution is 5.80. The van der Waals surface area contributed by atoms with E-state index in [0.717, 1.165) is 51.2 Å². The van der Waals surface area contributed by atoms with E-state index in [1.807, 2.05) is 7.05 Å². The van der Waals surface area contributed by atoms with E-state index >= 15 is 0 Å². The van der Waals surface area contributed by atoms with Crippen LogP contribution >= 0.6 is 0 Å². The predicted molar refractivity (Wildman–Crippen MR) is 114 cm³/mol. The van der Waals surface area contributed by atoms with Crippen LogP contribution in [-0.4, -0.2) is 80.6 Å². The van der Waals surface area contributed by atoms with Gasteiger partial charge in [0.05, 0.1) is 0 Å². The molecular weight excluding hydrogens is 372 g/mol. The number of rotatable bonds is 5. The van der Waals surface area contributed by atoms with Crippen molar-refractivity contribution in [2.45, 2.75) is 32.2 Å². The number of halogens is 2. The summed E-state index contributed by atoms with van der Waals surface area (Å²) in [7, 11) is 4.02. The Hall–Kier alpha value is -1.73. The van der Waals surface area contributed by atoms with E-state index in [4.69, 9.17) is 0 Å². The molecule has 2 fully saturated rings. The highest BCUT2D eigenvalue weighted by Crippen LogP contribution is 2.28. The molecule has 0 amide bonds. The smallest absolute Gasteiger partial charge is 0.193 e. The number of hydrogen-bond donors (Lipinski definition) is 1. The molecule has 2 aliphatic heterocycles. The number of nitrogens with one attached hydrogen (secondary N) is 1. The quantitative estimate of drug-likeness (QED) is 0.601. The molecule has 1 atom stereocenters. The SMILES string of the molecule is CCC(c1ccc(F)cc1F)N1CCN(C(=NC)NCC2CCN(C)CC2)CC1. The van der Waals surface area contributed by atoms with E-state index in [1.54, 1.807) is 6.07 Å². The third-order valence-electron chi connectivity index (χ3n) is 6.36. The van der Waals surface area contributed by atoms with Crippen LogP contribution in [0.25, 0.3) is 0 Å². The molecule has 1 N–H and O–H groups in total. The molecule has 2 heterocycles. The molecule has 1 aromatic rings. The fraction of sp³-hybridized carbons (Fsp3) is 0.682. The van der Waals surface area contributed by atoms with Crippen molar-refractivity contribution in [3.8, 4) is 0 Å². The Morgan fingerprint density at radius 2 is 1.83 bits per heavy atom. The number of nitrogens with zero attached hydrogens (tertiary/aromatic N) is 4. The monoisotopic (exact) mass is 407 g/mol. The molecular formula is C22H35F2N5. The summed E-state index contributed by atoms with van der Waals surface area (Å²) in [5.41, 5.74) is 0.590. The maximum Gasteiger partial charge on any atom is 0.193 e. The normalized spacial score (nSPS) is 21.4. The van der Waals surface area contributed by atoms with Gasteiger partial charge in [-0.2, -0.15) is 0 Å². The predicted octanol–water partition coefficient (Wildman–Crippen LogP) is 2.95. The van der Waals surface area contributed by atoms with Crippen molar-refractivity contribution in [2.24, 2.45) is 10.9 Å². The molecule has 0 radical (unpaired) electrons. The Kier molecular flexibility index (Phi) is 7.84. The van der Waals surface area contributed by atoms with E-state index < -0.39 is 11.6 Å². The summed E-state index contributed by atoms with van der Waals surface area (Å²) in [6, 6.07) is 3.91. The van der Waals surface area contributed by atoms with Crippen molar-refractivity contribution < 1.29 is 8.78 Å². The van der Waals surface area contributed by atoms with E-state index in [1.165, 1.54) is 32.0 Å². The van der Waals surface area contributed by atoms with Crippen molar-refractivity contribution in [1.82, 2.24) is 20.0 Å². The molecule has 0 saturated carbocycles. The average molecular weight is 408 g/mol. The minimum atomic E-state index is -0.523. The lowest BCUT2D eigenvalue weighted by atomic mass is 9.97. The Morgan fingerprint density at radius 3 is 2.41 bits per heavy atom. The van der Waals surface area contributed by atoms with Crippen molar-refractivity contribution >= 4 is 5.96 Å². The standard InChI is InChI=1S/C22H35F2N5/c1-4-21(19-6-5-18(23)15-20(19)24)28-11-13-29(14-12-28)22(25-2)26-16-17-7-9-27(3)10-8-17/h5-6,15,17,21H,4,7-14,16H2,1-3H3,(H,25,26). The van der Waals surface area contributed by atoms with Gasteiger partial charge in [-0.1, -0.05) is 13.0 Å². The molecule has 1 aromatic carbocycles. The second-order valence-electron chi connectivity index (χ2n) is 8.29. The van der Waals surface area contributed by atoms with E-state index in [0.29, 0.717) is 11.5 Å². The molecule has 162 valence electrons. The zero-order valence-corrected chi connectivity index (χ0v) is 18.0. The van der Waals surface area contributed by atoms with Crippen LogP contribution in [0.2, 0.25) is 0 Å². The van der Waals surface area contributed by atoms with Gasteiger partial charge in [-0.25, -0.2) is 8.78 Å². The molecule has 0 spiro atoms. The van der Waals surface area contributed by atoms with Gasteiger partial charge in [0.2, 0.25) is 0 Å². The number of aliphatic imine (C=N–C) groups is 1. The third-order valence-corrected chi connectivity index (χ3v) is 6.36. The van der Waals surface area contributed by atoms with Crippen LogP contribution in [0.4, 0.5) is 8.78 Å². The van der Waals surface area contributed by atoms with Crippen LogP contribution in [0, 0.1) is 17.6 Å². The van der Waals surface area contributed by atoms with Gasteiger partial charge in [0, 0.05) is 57.4 Å². The maximum absolute atomic E-state index is 14.3. The molecule has 7 heteroatoms. The van der Waals surface area contributed by atoms with Gasteiger partial charge in [0.15, 0.2) is 5.96 Å². The minimum Gasteiger partial charge on any atom is -0.356 e. The second kappa shape index (κ2) is 10.3. The molecule has 0 aliphatic carbocycles. The molecule has 5 nitrogen and oxygen atoms in total. The Bertz CT molecular complexity index is 680. The molecule has 29 heavy (non-hydrogen) atoms. The fourth-order valence-electron chi connectivity index (χ4n) is 4.53. The van der Waals surface area contributed by atoms with Crippen molar-refractivity contribution in [1.29, 1.82) is 0 Å².